The number of hydrogen-bond acceptors (Lipinski definition) is 5. The molecule has 4 rings (SSSR count). The van der Waals surface area contributed by atoms with Gasteiger partial charge in [0, 0.05) is 19.3 Å². The molecule has 1 aliphatic heterocycles. The lowest BCUT2D eigenvalue weighted by atomic mass is 10.1. The lowest BCUT2D eigenvalue weighted by Crippen LogP contribution is -2.39. The Morgan fingerprint density at radius 1 is 1.14 bits per heavy atom. The number of rotatable bonds is 5. The highest BCUT2D eigenvalue weighted by Gasteiger charge is 2.27. The van der Waals surface area contributed by atoms with Crippen molar-refractivity contribution < 1.29 is 13.2 Å². The molecule has 0 bridgehead atoms. The van der Waals surface area contributed by atoms with Crippen molar-refractivity contribution in [2.75, 3.05) is 26.0 Å². The van der Waals surface area contributed by atoms with Crippen molar-refractivity contribution in [1.29, 1.82) is 0 Å². The van der Waals surface area contributed by atoms with Crippen LogP contribution < -0.4 is 0 Å². The zero-order valence-corrected chi connectivity index (χ0v) is 16.5. The highest BCUT2D eigenvalue weighted by molar-refractivity contribution is 7.90. The van der Waals surface area contributed by atoms with Crippen molar-refractivity contribution in [1.82, 2.24) is 14.9 Å². The predicted octanol–water partition coefficient (Wildman–Crippen LogP) is 3.05. The molecule has 1 aliphatic rings. The summed E-state index contributed by atoms with van der Waals surface area (Å²) in [6.07, 6.45) is 3.00. The molecular formula is C21H23N3O3S. The monoisotopic (exact) mass is 397 g/mol. The first-order valence-corrected chi connectivity index (χ1v) is 11.1. The normalized spacial score (nSPS) is 18.2. The Labute approximate surface area is 165 Å². The van der Waals surface area contributed by atoms with Gasteiger partial charge in [0.25, 0.3) is 0 Å². The summed E-state index contributed by atoms with van der Waals surface area (Å²) in [4.78, 5) is 10.7. The number of morpholine rings is 1. The van der Waals surface area contributed by atoms with E-state index < -0.39 is 9.84 Å². The summed E-state index contributed by atoms with van der Waals surface area (Å²) in [6, 6.07) is 17.3. The molecule has 0 aliphatic carbocycles. The van der Waals surface area contributed by atoms with E-state index in [4.69, 9.17) is 4.74 Å². The SMILES string of the molecule is CS(=O)(=O)c1ccc(-c2cnc(C3COCCN3Cc3ccccc3)[nH]2)cc1. The molecule has 1 unspecified atom stereocenters. The van der Waals surface area contributed by atoms with Gasteiger partial charge in [-0.1, -0.05) is 42.5 Å². The zero-order valence-electron chi connectivity index (χ0n) is 15.7. The average Bonchev–Trinajstić information content (AvgIpc) is 3.19. The van der Waals surface area contributed by atoms with Crippen LogP contribution in [-0.2, 0) is 21.1 Å². The lowest BCUT2D eigenvalue weighted by molar-refractivity contribution is -0.0156. The number of benzene rings is 2. The summed E-state index contributed by atoms with van der Waals surface area (Å²) in [5, 5.41) is 0. The van der Waals surface area contributed by atoms with E-state index in [2.05, 4.69) is 39.1 Å². The molecule has 28 heavy (non-hydrogen) atoms. The third kappa shape index (κ3) is 4.16. The molecular weight excluding hydrogens is 374 g/mol. The van der Waals surface area contributed by atoms with Gasteiger partial charge in [-0.05, 0) is 23.3 Å². The minimum absolute atomic E-state index is 0.0537. The largest absolute Gasteiger partial charge is 0.378 e. The number of ether oxygens (including phenoxy) is 1. The fourth-order valence-corrected chi connectivity index (χ4v) is 4.06. The summed E-state index contributed by atoms with van der Waals surface area (Å²) in [5.41, 5.74) is 3.02. The van der Waals surface area contributed by atoms with E-state index >= 15 is 0 Å². The van der Waals surface area contributed by atoms with Crippen LogP contribution >= 0.6 is 0 Å². The maximum absolute atomic E-state index is 11.6. The summed E-state index contributed by atoms with van der Waals surface area (Å²) in [6.45, 7) is 2.99. The van der Waals surface area contributed by atoms with Gasteiger partial charge in [-0.15, -0.1) is 0 Å². The topological polar surface area (TPSA) is 75.3 Å². The van der Waals surface area contributed by atoms with E-state index in [-0.39, 0.29) is 6.04 Å². The van der Waals surface area contributed by atoms with Crippen LogP contribution in [0.15, 0.2) is 65.7 Å². The van der Waals surface area contributed by atoms with Gasteiger partial charge in [-0.2, -0.15) is 0 Å². The van der Waals surface area contributed by atoms with Crippen LogP contribution in [0.1, 0.15) is 17.4 Å². The molecule has 3 aromatic rings. The predicted molar refractivity (Wildman–Crippen MR) is 108 cm³/mol. The Bertz CT molecular complexity index is 1030. The number of aromatic nitrogens is 2. The summed E-state index contributed by atoms with van der Waals surface area (Å²) in [7, 11) is -3.20. The van der Waals surface area contributed by atoms with Gasteiger partial charge >= 0.3 is 0 Å². The van der Waals surface area contributed by atoms with E-state index in [0.717, 1.165) is 30.2 Å². The van der Waals surface area contributed by atoms with Crippen LogP contribution in [-0.4, -0.2) is 49.3 Å². The van der Waals surface area contributed by atoms with Gasteiger partial charge in [0.2, 0.25) is 0 Å². The smallest absolute Gasteiger partial charge is 0.175 e. The Morgan fingerprint density at radius 3 is 2.61 bits per heavy atom. The van der Waals surface area contributed by atoms with Gasteiger partial charge in [0.1, 0.15) is 5.82 Å². The van der Waals surface area contributed by atoms with Crippen LogP contribution in [0.3, 0.4) is 0 Å². The van der Waals surface area contributed by atoms with Crippen molar-refractivity contribution >= 4 is 9.84 Å². The van der Waals surface area contributed by atoms with E-state index in [0.29, 0.717) is 18.1 Å². The van der Waals surface area contributed by atoms with Crippen LogP contribution in [0.4, 0.5) is 0 Å². The van der Waals surface area contributed by atoms with Gasteiger partial charge in [-0.3, -0.25) is 4.90 Å². The second-order valence-corrected chi connectivity index (χ2v) is 9.04. The van der Waals surface area contributed by atoms with E-state index in [1.807, 2.05) is 6.07 Å². The summed E-state index contributed by atoms with van der Waals surface area (Å²) in [5.74, 6) is 0.859. The number of H-pyrrole nitrogens is 1. The first kappa shape index (κ1) is 18.9. The Hall–Kier alpha value is -2.48. The van der Waals surface area contributed by atoms with Crippen molar-refractivity contribution in [2.45, 2.75) is 17.5 Å². The third-order valence-electron chi connectivity index (χ3n) is 4.97. The van der Waals surface area contributed by atoms with Gasteiger partial charge < -0.3 is 9.72 Å². The summed E-state index contributed by atoms with van der Waals surface area (Å²) >= 11 is 0. The molecule has 6 nitrogen and oxygen atoms in total. The molecule has 2 aromatic carbocycles. The van der Waals surface area contributed by atoms with Crippen molar-refractivity contribution in [2.24, 2.45) is 0 Å². The van der Waals surface area contributed by atoms with E-state index in [1.54, 1.807) is 30.5 Å². The van der Waals surface area contributed by atoms with Gasteiger partial charge in [0.05, 0.1) is 36.0 Å². The molecule has 2 heterocycles. The highest BCUT2D eigenvalue weighted by atomic mass is 32.2. The number of sulfone groups is 1. The van der Waals surface area contributed by atoms with Crippen LogP contribution in [0, 0.1) is 0 Å². The van der Waals surface area contributed by atoms with E-state index in [9.17, 15) is 8.42 Å². The van der Waals surface area contributed by atoms with Crippen molar-refractivity contribution in [3.8, 4) is 11.3 Å². The molecule has 7 heteroatoms. The first-order chi connectivity index (χ1) is 13.5. The third-order valence-corrected chi connectivity index (χ3v) is 6.10. The highest BCUT2D eigenvalue weighted by Crippen LogP contribution is 2.27. The molecule has 1 fully saturated rings. The Morgan fingerprint density at radius 2 is 1.89 bits per heavy atom. The second-order valence-electron chi connectivity index (χ2n) is 7.03. The number of nitrogens with one attached hydrogen (secondary N) is 1. The average molecular weight is 398 g/mol. The zero-order chi connectivity index (χ0) is 19.6. The van der Waals surface area contributed by atoms with E-state index in [1.165, 1.54) is 11.8 Å². The number of aromatic amines is 1. The second kappa shape index (κ2) is 7.87. The van der Waals surface area contributed by atoms with Crippen molar-refractivity contribution in [3.05, 3.63) is 72.2 Å². The first-order valence-electron chi connectivity index (χ1n) is 9.22. The fraction of sp³-hybridized carbons (Fsp3) is 0.286. The fourth-order valence-electron chi connectivity index (χ4n) is 3.43. The molecule has 1 atom stereocenters. The molecule has 0 saturated carbocycles. The molecule has 1 saturated heterocycles. The molecule has 0 amide bonds. The Balaban J connectivity index is 1.55. The molecule has 0 spiro atoms. The number of nitrogens with zero attached hydrogens (tertiary/aromatic N) is 2. The van der Waals surface area contributed by atoms with Gasteiger partial charge in [-0.25, -0.2) is 13.4 Å². The lowest BCUT2D eigenvalue weighted by Gasteiger charge is -2.34. The standard InChI is InChI=1S/C21H23N3O3S/c1-28(25,26)18-9-7-17(8-10-18)19-13-22-21(23-19)20-15-27-12-11-24(20)14-16-5-3-2-4-6-16/h2-10,13,20H,11-12,14-15H2,1H3,(H,22,23). The maximum Gasteiger partial charge on any atom is 0.175 e. The quantitative estimate of drug-likeness (QED) is 0.716. The molecule has 1 aromatic heterocycles. The maximum atomic E-state index is 11.6. The Kier molecular flexibility index (Phi) is 5.30. The molecule has 0 radical (unpaired) electrons. The minimum Gasteiger partial charge on any atom is -0.378 e. The number of imidazole rings is 1. The van der Waals surface area contributed by atoms with Crippen molar-refractivity contribution in [3.63, 3.8) is 0 Å². The number of hydrogen-bond donors (Lipinski definition) is 1. The summed E-state index contributed by atoms with van der Waals surface area (Å²) < 4.78 is 29.0. The molecule has 1 N–H and O–H groups in total. The van der Waals surface area contributed by atoms with Gasteiger partial charge in [0.15, 0.2) is 9.84 Å². The van der Waals surface area contributed by atoms with Crippen LogP contribution in [0.25, 0.3) is 11.3 Å². The van der Waals surface area contributed by atoms with Crippen LogP contribution in [0.2, 0.25) is 0 Å². The minimum atomic E-state index is -3.20. The molecule has 146 valence electrons. The van der Waals surface area contributed by atoms with Crippen LogP contribution in [0.5, 0.6) is 0 Å².